The molecule has 0 aliphatic rings. The zero-order valence-electron chi connectivity index (χ0n) is 10.9. The summed E-state index contributed by atoms with van der Waals surface area (Å²) in [5.74, 6) is -0.946. The highest BCUT2D eigenvalue weighted by molar-refractivity contribution is 5.95. The number of rotatable bonds is 6. The van der Waals surface area contributed by atoms with Crippen molar-refractivity contribution in [3.05, 3.63) is 41.7 Å². The topological polar surface area (TPSA) is 63.3 Å². The van der Waals surface area contributed by atoms with Crippen molar-refractivity contribution in [1.29, 1.82) is 0 Å². The zero-order valence-corrected chi connectivity index (χ0v) is 10.9. The summed E-state index contributed by atoms with van der Waals surface area (Å²) in [6.07, 6.45) is 5.82. The monoisotopic (exact) mass is 259 g/mol. The van der Waals surface area contributed by atoms with Gasteiger partial charge in [-0.05, 0) is 18.9 Å². The van der Waals surface area contributed by atoms with Crippen LogP contribution in [0.1, 0.15) is 42.1 Å². The molecule has 0 saturated heterocycles. The Hall–Kier alpha value is -2.10. The third kappa shape index (κ3) is 3.02. The van der Waals surface area contributed by atoms with Gasteiger partial charge in [-0.15, -0.1) is 0 Å². The lowest BCUT2D eigenvalue weighted by Crippen LogP contribution is -2.00. The molecule has 0 unspecified atom stereocenters. The molecule has 1 heterocycles. The Morgan fingerprint density at radius 3 is 2.84 bits per heavy atom. The first-order valence-corrected chi connectivity index (χ1v) is 6.50. The van der Waals surface area contributed by atoms with Gasteiger partial charge in [0.25, 0.3) is 0 Å². The van der Waals surface area contributed by atoms with Crippen molar-refractivity contribution < 1.29 is 14.4 Å². The van der Waals surface area contributed by atoms with Gasteiger partial charge in [-0.1, -0.05) is 43.1 Å². The van der Waals surface area contributed by atoms with E-state index in [1.807, 2.05) is 6.07 Å². The normalized spacial score (nSPS) is 10.6. The largest absolute Gasteiger partial charge is 0.478 e. The van der Waals surface area contributed by atoms with Gasteiger partial charge in [0.05, 0.1) is 5.56 Å². The molecule has 1 aromatic heterocycles. The smallest absolute Gasteiger partial charge is 0.336 e. The van der Waals surface area contributed by atoms with Crippen LogP contribution in [0.15, 0.2) is 35.1 Å². The summed E-state index contributed by atoms with van der Waals surface area (Å²) in [4.78, 5) is 11.2. The lowest BCUT2D eigenvalue weighted by atomic mass is 9.99. The van der Waals surface area contributed by atoms with Crippen LogP contribution in [0.5, 0.6) is 0 Å². The summed E-state index contributed by atoms with van der Waals surface area (Å²) in [6, 6.07) is 6.88. The van der Waals surface area contributed by atoms with Crippen LogP contribution in [0.25, 0.3) is 11.3 Å². The molecule has 0 atom stereocenters. The first-order valence-electron chi connectivity index (χ1n) is 6.50. The summed E-state index contributed by atoms with van der Waals surface area (Å²) < 4.78 is 5.02. The maximum atomic E-state index is 11.2. The molecular weight excluding hydrogens is 242 g/mol. The summed E-state index contributed by atoms with van der Waals surface area (Å²) in [5, 5.41) is 13.2. The van der Waals surface area contributed by atoms with E-state index in [2.05, 4.69) is 12.1 Å². The molecule has 0 aliphatic carbocycles. The second-order valence-corrected chi connectivity index (χ2v) is 4.50. The molecule has 1 aromatic carbocycles. The standard InChI is InChI=1S/C15H17NO3/c1-2-3-4-7-11-10-19-16-14(11)12-8-5-6-9-13(12)15(17)18/h5-6,8-10H,2-4,7H2,1H3,(H,17,18). The number of carboxylic acid groups (broad SMARTS) is 1. The van der Waals surface area contributed by atoms with Gasteiger partial charge < -0.3 is 9.63 Å². The molecule has 2 aromatic rings. The lowest BCUT2D eigenvalue weighted by molar-refractivity contribution is 0.0697. The fraction of sp³-hybridized carbons (Fsp3) is 0.333. The Morgan fingerprint density at radius 1 is 1.32 bits per heavy atom. The highest BCUT2D eigenvalue weighted by atomic mass is 16.5. The molecular formula is C15H17NO3. The first kappa shape index (κ1) is 13.3. The predicted octanol–water partition coefficient (Wildman–Crippen LogP) is 3.77. The summed E-state index contributed by atoms with van der Waals surface area (Å²) in [6.45, 7) is 2.15. The van der Waals surface area contributed by atoms with Gasteiger partial charge in [0.1, 0.15) is 12.0 Å². The van der Waals surface area contributed by atoms with Crippen LogP contribution in [0.2, 0.25) is 0 Å². The number of carbonyl (C=O) groups is 1. The van der Waals surface area contributed by atoms with E-state index in [-0.39, 0.29) is 5.56 Å². The Bertz CT molecular complexity index is 560. The highest BCUT2D eigenvalue weighted by Crippen LogP contribution is 2.27. The van der Waals surface area contributed by atoms with E-state index in [0.29, 0.717) is 11.3 Å². The number of nitrogens with zero attached hydrogens (tertiary/aromatic N) is 1. The van der Waals surface area contributed by atoms with Gasteiger partial charge in [0.2, 0.25) is 0 Å². The Morgan fingerprint density at radius 2 is 2.11 bits per heavy atom. The van der Waals surface area contributed by atoms with Crippen molar-refractivity contribution >= 4 is 5.97 Å². The fourth-order valence-electron chi connectivity index (χ4n) is 2.10. The van der Waals surface area contributed by atoms with Crippen LogP contribution in [0.3, 0.4) is 0 Å². The fourth-order valence-corrected chi connectivity index (χ4v) is 2.10. The molecule has 4 heteroatoms. The number of hydrogen-bond acceptors (Lipinski definition) is 3. The number of aromatic carboxylic acids is 1. The van der Waals surface area contributed by atoms with E-state index in [0.717, 1.165) is 31.2 Å². The average molecular weight is 259 g/mol. The third-order valence-electron chi connectivity index (χ3n) is 3.11. The van der Waals surface area contributed by atoms with Gasteiger partial charge in [0, 0.05) is 11.1 Å². The van der Waals surface area contributed by atoms with E-state index in [1.165, 1.54) is 0 Å². The number of benzene rings is 1. The first-order chi connectivity index (χ1) is 9.24. The molecule has 4 nitrogen and oxygen atoms in total. The summed E-state index contributed by atoms with van der Waals surface area (Å²) in [5.41, 5.74) is 2.50. The van der Waals surface area contributed by atoms with E-state index in [9.17, 15) is 9.90 Å². The maximum absolute atomic E-state index is 11.2. The lowest BCUT2D eigenvalue weighted by Gasteiger charge is -2.04. The third-order valence-corrected chi connectivity index (χ3v) is 3.11. The molecule has 0 saturated carbocycles. The minimum absolute atomic E-state index is 0.258. The molecule has 0 fully saturated rings. The Kier molecular flexibility index (Phi) is 4.34. The quantitative estimate of drug-likeness (QED) is 0.802. The van der Waals surface area contributed by atoms with Crippen molar-refractivity contribution in [1.82, 2.24) is 5.16 Å². The molecule has 0 spiro atoms. The zero-order chi connectivity index (χ0) is 13.7. The summed E-state index contributed by atoms with van der Waals surface area (Å²) >= 11 is 0. The van der Waals surface area contributed by atoms with E-state index in [4.69, 9.17) is 4.52 Å². The van der Waals surface area contributed by atoms with E-state index in [1.54, 1.807) is 24.5 Å². The van der Waals surface area contributed by atoms with Crippen LogP contribution in [-0.4, -0.2) is 16.2 Å². The highest BCUT2D eigenvalue weighted by Gasteiger charge is 2.16. The number of aryl methyl sites for hydroxylation is 1. The van der Waals surface area contributed by atoms with Gasteiger partial charge in [-0.3, -0.25) is 0 Å². The number of hydrogen-bond donors (Lipinski definition) is 1. The molecule has 2 rings (SSSR count). The van der Waals surface area contributed by atoms with Gasteiger partial charge in [-0.2, -0.15) is 0 Å². The van der Waals surface area contributed by atoms with Gasteiger partial charge >= 0.3 is 5.97 Å². The van der Waals surface area contributed by atoms with Gasteiger partial charge in [-0.25, -0.2) is 4.79 Å². The Balaban J connectivity index is 2.32. The maximum Gasteiger partial charge on any atom is 0.336 e. The van der Waals surface area contributed by atoms with Crippen molar-refractivity contribution in [2.45, 2.75) is 32.6 Å². The average Bonchev–Trinajstić information content (AvgIpc) is 2.87. The molecule has 19 heavy (non-hydrogen) atoms. The molecule has 0 bridgehead atoms. The van der Waals surface area contributed by atoms with Crippen molar-refractivity contribution in [2.24, 2.45) is 0 Å². The van der Waals surface area contributed by atoms with Gasteiger partial charge in [0.15, 0.2) is 0 Å². The van der Waals surface area contributed by atoms with Crippen molar-refractivity contribution in [3.8, 4) is 11.3 Å². The summed E-state index contributed by atoms with van der Waals surface area (Å²) in [7, 11) is 0. The van der Waals surface area contributed by atoms with Crippen molar-refractivity contribution in [3.63, 3.8) is 0 Å². The van der Waals surface area contributed by atoms with E-state index < -0.39 is 5.97 Å². The molecule has 1 N–H and O–H groups in total. The van der Waals surface area contributed by atoms with E-state index >= 15 is 0 Å². The van der Waals surface area contributed by atoms with Crippen LogP contribution in [-0.2, 0) is 6.42 Å². The number of carboxylic acids is 1. The second-order valence-electron chi connectivity index (χ2n) is 4.50. The molecule has 0 aliphatic heterocycles. The SMILES string of the molecule is CCCCCc1conc1-c1ccccc1C(=O)O. The molecule has 100 valence electrons. The number of aromatic nitrogens is 1. The molecule has 0 radical (unpaired) electrons. The number of unbranched alkanes of at least 4 members (excludes halogenated alkanes) is 2. The molecule has 0 amide bonds. The minimum atomic E-state index is -0.946. The van der Waals surface area contributed by atoms with Crippen molar-refractivity contribution in [2.75, 3.05) is 0 Å². The minimum Gasteiger partial charge on any atom is -0.478 e. The predicted molar refractivity (Wildman–Crippen MR) is 72.1 cm³/mol. The second kappa shape index (κ2) is 6.18. The Labute approximate surface area is 112 Å². The van der Waals surface area contributed by atoms with Crippen LogP contribution < -0.4 is 0 Å². The van der Waals surface area contributed by atoms with Crippen LogP contribution in [0, 0.1) is 0 Å². The van der Waals surface area contributed by atoms with Crippen LogP contribution in [0.4, 0.5) is 0 Å². The van der Waals surface area contributed by atoms with Crippen LogP contribution >= 0.6 is 0 Å².